The monoisotopic (exact) mass is 331 g/mol. The van der Waals surface area contributed by atoms with Gasteiger partial charge in [0.2, 0.25) is 10.0 Å². The number of hydrogen-bond donors (Lipinski definition) is 3. The minimum absolute atomic E-state index is 0.000770. The van der Waals surface area contributed by atoms with E-state index in [1.807, 2.05) is 12.1 Å². The zero-order valence-corrected chi connectivity index (χ0v) is 12.9. The van der Waals surface area contributed by atoms with Crippen LogP contribution in [0, 0.1) is 0 Å². The molecule has 1 aromatic heterocycles. The number of rotatable bonds is 5. The molecule has 5 nitrogen and oxygen atoms in total. The molecular weight excluding hydrogens is 318 g/mol. The summed E-state index contributed by atoms with van der Waals surface area (Å²) in [7, 11) is -3.76. The SMILES string of the molecule is Nc1cc(NCCc2ccc(Cl)s2)cc(S(N)(=O)=O)c1. The quantitative estimate of drug-likeness (QED) is 0.732. The van der Waals surface area contributed by atoms with E-state index in [1.54, 1.807) is 6.07 Å². The third-order valence-electron chi connectivity index (χ3n) is 2.59. The number of halogens is 1. The number of sulfonamides is 1. The molecule has 0 aliphatic rings. The summed E-state index contributed by atoms with van der Waals surface area (Å²) in [5.74, 6) is 0. The fourth-order valence-corrected chi connectivity index (χ4v) is 3.38. The first-order valence-electron chi connectivity index (χ1n) is 5.76. The summed E-state index contributed by atoms with van der Waals surface area (Å²) in [6.07, 6.45) is 0.789. The van der Waals surface area contributed by atoms with Gasteiger partial charge in [0.1, 0.15) is 0 Å². The Labute approximate surface area is 126 Å². The molecule has 108 valence electrons. The molecule has 5 N–H and O–H groups in total. The van der Waals surface area contributed by atoms with E-state index in [4.69, 9.17) is 22.5 Å². The third-order valence-corrected chi connectivity index (χ3v) is 4.77. The van der Waals surface area contributed by atoms with Gasteiger partial charge in [-0.05, 0) is 36.8 Å². The highest BCUT2D eigenvalue weighted by Gasteiger charge is 2.09. The number of benzene rings is 1. The molecule has 0 saturated carbocycles. The van der Waals surface area contributed by atoms with Gasteiger partial charge in [0.15, 0.2) is 0 Å². The van der Waals surface area contributed by atoms with Crippen molar-refractivity contribution in [1.82, 2.24) is 0 Å². The van der Waals surface area contributed by atoms with Crippen LogP contribution in [0.5, 0.6) is 0 Å². The fourth-order valence-electron chi connectivity index (χ4n) is 1.70. The van der Waals surface area contributed by atoms with Crippen LogP contribution in [0.3, 0.4) is 0 Å². The molecule has 0 spiro atoms. The minimum atomic E-state index is -3.76. The first-order valence-corrected chi connectivity index (χ1v) is 8.50. The molecule has 0 aliphatic carbocycles. The van der Waals surface area contributed by atoms with Crippen molar-refractivity contribution in [3.05, 3.63) is 39.5 Å². The number of nitrogen functional groups attached to an aromatic ring is 1. The largest absolute Gasteiger partial charge is 0.399 e. The second-order valence-corrected chi connectivity index (χ2v) is 7.58. The van der Waals surface area contributed by atoms with Gasteiger partial charge in [-0.3, -0.25) is 0 Å². The van der Waals surface area contributed by atoms with Crippen LogP contribution >= 0.6 is 22.9 Å². The molecule has 0 aliphatic heterocycles. The van der Waals surface area contributed by atoms with Gasteiger partial charge in [0, 0.05) is 22.8 Å². The second kappa shape index (κ2) is 6.01. The highest BCUT2D eigenvalue weighted by molar-refractivity contribution is 7.89. The van der Waals surface area contributed by atoms with Gasteiger partial charge in [0.25, 0.3) is 0 Å². The number of nitrogens with one attached hydrogen (secondary N) is 1. The maximum Gasteiger partial charge on any atom is 0.238 e. The fraction of sp³-hybridized carbons (Fsp3) is 0.167. The Bertz CT molecular complexity index is 713. The van der Waals surface area contributed by atoms with Crippen molar-refractivity contribution < 1.29 is 8.42 Å². The molecule has 0 unspecified atom stereocenters. The Hall–Kier alpha value is -1.28. The minimum Gasteiger partial charge on any atom is -0.399 e. The predicted molar refractivity (Wildman–Crippen MR) is 83.8 cm³/mol. The Morgan fingerprint density at radius 1 is 1.25 bits per heavy atom. The van der Waals surface area contributed by atoms with E-state index in [-0.39, 0.29) is 4.90 Å². The van der Waals surface area contributed by atoms with Crippen LogP contribution in [0.25, 0.3) is 0 Å². The molecular formula is C12H14ClN3O2S2. The van der Waals surface area contributed by atoms with Crippen LogP contribution in [0.15, 0.2) is 35.2 Å². The molecule has 0 atom stereocenters. The molecule has 2 rings (SSSR count). The van der Waals surface area contributed by atoms with Gasteiger partial charge in [-0.2, -0.15) is 0 Å². The Balaban J connectivity index is 2.04. The average molecular weight is 332 g/mol. The van der Waals surface area contributed by atoms with Gasteiger partial charge in [-0.1, -0.05) is 11.6 Å². The summed E-state index contributed by atoms with van der Waals surface area (Å²) in [6.45, 7) is 0.643. The highest BCUT2D eigenvalue weighted by Crippen LogP contribution is 2.23. The molecule has 0 fully saturated rings. The third kappa shape index (κ3) is 4.11. The van der Waals surface area contributed by atoms with Crippen molar-refractivity contribution in [1.29, 1.82) is 0 Å². The number of thiophene rings is 1. The van der Waals surface area contributed by atoms with E-state index < -0.39 is 10.0 Å². The molecule has 8 heteroatoms. The highest BCUT2D eigenvalue weighted by atomic mass is 35.5. The molecule has 20 heavy (non-hydrogen) atoms. The lowest BCUT2D eigenvalue weighted by atomic mass is 10.2. The van der Waals surface area contributed by atoms with Gasteiger partial charge in [-0.15, -0.1) is 11.3 Å². The van der Waals surface area contributed by atoms with Gasteiger partial charge < -0.3 is 11.1 Å². The molecule has 2 aromatic rings. The van der Waals surface area contributed by atoms with E-state index in [1.165, 1.54) is 23.5 Å². The maximum absolute atomic E-state index is 11.3. The second-order valence-electron chi connectivity index (χ2n) is 4.22. The van der Waals surface area contributed by atoms with Crippen molar-refractivity contribution in [2.45, 2.75) is 11.3 Å². The molecule has 0 bridgehead atoms. The van der Waals surface area contributed by atoms with Gasteiger partial charge in [0.05, 0.1) is 9.23 Å². The van der Waals surface area contributed by atoms with Gasteiger partial charge >= 0.3 is 0 Å². The van der Waals surface area contributed by atoms with E-state index in [0.717, 1.165) is 15.6 Å². The molecule has 0 saturated heterocycles. The predicted octanol–water partition coefficient (Wildman–Crippen LogP) is 2.29. The smallest absolute Gasteiger partial charge is 0.238 e. The first-order chi connectivity index (χ1) is 9.34. The molecule has 0 amide bonds. The maximum atomic E-state index is 11.3. The Morgan fingerprint density at radius 3 is 2.60 bits per heavy atom. The van der Waals surface area contributed by atoms with Crippen LogP contribution in [0.1, 0.15) is 4.88 Å². The lowest BCUT2D eigenvalue weighted by Crippen LogP contribution is -2.13. The lowest BCUT2D eigenvalue weighted by Gasteiger charge is -2.08. The van der Waals surface area contributed by atoms with Crippen molar-refractivity contribution in [3.8, 4) is 0 Å². The van der Waals surface area contributed by atoms with Gasteiger partial charge in [-0.25, -0.2) is 13.6 Å². The van der Waals surface area contributed by atoms with E-state index >= 15 is 0 Å². The van der Waals surface area contributed by atoms with Crippen LogP contribution in [-0.2, 0) is 16.4 Å². The number of anilines is 2. The summed E-state index contributed by atoms with van der Waals surface area (Å²) >= 11 is 7.37. The topological polar surface area (TPSA) is 98.2 Å². The summed E-state index contributed by atoms with van der Waals surface area (Å²) < 4.78 is 23.4. The first kappa shape index (κ1) is 15.1. The zero-order valence-electron chi connectivity index (χ0n) is 10.5. The van der Waals surface area contributed by atoms with Crippen LogP contribution in [0.2, 0.25) is 4.34 Å². The van der Waals surface area contributed by atoms with Crippen molar-refractivity contribution >= 4 is 44.3 Å². The summed E-state index contributed by atoms with van der Waals surface area (Å²) in [4.78, 5) is 1.15. The van der Waals surface area contributed by atoms with Crippen LogP contribution in [0.4, 0.5) is 11.4 Å². The van der Waals surface area contributed by atoms with Crippen molar-refractivity contribution in [2.75, 3.05) is 17.6 Å². The molecule has 0 radical (unpaired) electrons. The molecule has 1 aromatic carbocycles. The van der Waals surface area contributed by atoms with Crippen LogP contribution in [-0.4, -0.2) is 15.0 Å². The zero-order chi connectivity index (χ0) is 14.8. The van der Waals surface area contributed by atoms with Crippen LogP contribution < -0.4 is 16.2 Å². The number of hydrogen-bond acceptors (Lipinski definition) is 5. The Morgan fingerprint density at radius 2 is 2.00 bits per heavy atom. The number of primary sulfonamides is 1. The van der Waals surface area contributed by atoms with E-state index in [0.29, 0.717) is 17.9 Å². The van der Waals surface area contributed by atoms with Crippen molar-refractivity contribution in [2.24, 2.45) is 5.14 Å². The average Bonchev–Trinajstić information content (AvgIpc) is 2.73. The number of nitrogens with two attached hydrogens (primary N) is 2. The van der Waals surface area contributed by atoms with Crippen molar-refractivity contribution in [3.63, 3.8) is 0 Å². The Kier molecular flexibility index (Phi) is 4.54. The summed E-state index contributed by atoms with van der Waals surface area (Å²) in [5.41, 5.74) is 6.63. The summed E-state index contributed by atoms with van der Waals surface area (Å²) in [5, 5.41) is 8.21. The lowest BCUT2D eigenvalue weighted by molar-refractivity contribution is 0.598. The van der Waals surface area contributed by atoms with E-state index in [9.17, 15) is 8.42 Å². The standard InChI is InChI=1S/C12H14ClN3O2S2/c13-12-2-1-10(19-12)3-4-16-9-5-8(14)6-11(7-9)20(15,17)18/h1-2,5-7,16H,3-4,14H2,(H2,15,17,18). The summed E-state index contributed by atoms with van der Waals surface area (Å²) in [6, 6.07) is 8.27. The normalized spacial score (nSPS) is 11.5. The van der Waals surface area contributed by atoms with E-state index in [2.05, 4.69) is 5.32 Å². The molecule has 1 heterocycles.